The van der Waals surface area contributed by atoms with E-state index in [0.717, 1.165) is 5.56 Å². The van der Waals surface area contributed by atoms with E-state index >= 15 is 0 Å². The molecule has 0 aliphatic carbocycles. The molecule has 244 valence electrons. The lowest BCUT2D eigenvalue weighted by Gasteiger charge is -2.25. The third kappa shape index (κ3) is 7.44. The maximum Gasteiger partial charge on any atom is 0.343 e. The molecular weight excluding hydrogens is 627 g/mol. The first-order chi connectivity index (χ1) is 22.7. The van der Waals surface area contributed by atoms with Gasteiger partial charge in [-0.25, -0.2) is 19.0 Å². The molecule has 0 saturated heterocycles. The van der Waals surface area contributed by atoms with E-state index in [9.17, 15) is 18.8 Å². The number of ether oxygens (including phenoxy) is 5. The third-order valence-electron chi connectivity index (χ3n) is 7.20. The molecule has 1 aliphatic heterocycles. The van der Waals surface area contributed by atoms with Crippen LogP contribution < -0.4 is 29.1 Å². The van der Waals surface area contributed by atoms with Crippen molar-refractivity contribution in [1.29, 1.82) is 0 Å². The Labute approximate surface area is 274 Å². The number of allylic oxidation sites excluding steroid dienone is 1. The molecule has 0 amide bonds. The van der Waals surface area contributed by atoms with Crippen LogP contribution in [0.3, 0.4) is 0 Å². The molecule has 3 aromatic carbocycles. The summed E-state index contributed by atoms with van der Waals surface area (Å²) in [5.41, 5.74) is 2.02. The Morgan fingerprint density at radius 3 is 2.45 bits per heavy atom. The van der Waals surface area contributed by atoms with Gasteiger partial charge >= 0.3 is 11.9 Å². The van der Waals surface area contributed by atoms with Crippen molar-refractivity contribution in [3.63, 3.8) is 0 Å². The number of hydrogen-bond donors (Lipinski definition) is 0. The fourth-order valence-corrected chi connectivity index (χ4v) is 6.02. The monoisotopic (exact) mass is 660 g/mol. The van der Waals surface area contributed by atoms with Gasteiger partial charge in [0, 0.05) is 5.56 Å². The summed E-state index contributed by atoms with van der Waals surface area (Å²) in [5, 5.41) is 0. The number of hydrogen-bond acceptors (Lipinski definition) is 10. The number of carbonyl (C=O) groups is 2. The summed E-state index contributed by atoms with van der Waals surface area (Å²) in [6.07, 6.45) is 1.74. The second-order valence-electron chi connectivity index (χ2n) is 10.3. The summed E-state index contributed by atoms with van der Waals surface area (Å²) in [5.74, 6) is -0.319. The van der Waals surface area contributed by atoms with Crippen molar-refractivity contribution in [2.45, 2.75) is 33.4 Å². The quantitative estimate of drug-likeness (QED) is 0.205. The highest BCUT2D eigenvalue weighted by Gasteiger charge is 2.34. The molecule has 0 saturated carbocycles. The van der Waals surface area contributed by atoms with E-state index in [2.05, 4.69) is 9.73 Å². The average Bonchev–Trinajstić information content (AvgIpc) is 3.37. The van der Waals surface area contributed by atoms with Crippen molar-refractivity contribution in [1.82, 2.24) is 4.57 Å². The number of fused-ring (bicyclic) bond motifs is 1. The Morgan fingerprint density at radius 2 is 1.74 bits per heavy atom. The second-order valence-corrected chi connectivity index (χ2v) is 11.3. The fourth-order valence-electron chi connectivity index (χ4n) is 4.97. The fraction of sp³-hybridized carbons (Fsp3) is 0.257. The summed E-state index contributed by atoms with van der Waals surface area (Å²) in [7, 11) is 1.26. The Bertz CT molecular complexity index is 2000. The molecule has 0 fully saturated rings. The molecule has 0 bridgehead atoms. The summed E-state index contributed by atoms with van der Waals surface area (Å²) in [6.45, 7) is 5.40. The highest BCUT2D eigenvalue weighted by molar-refractivity contribution is 7.07. The lowest BCUT2D eigenvalue weighted by atomic mass is 9.95. The predicted molar refractivity (Wildman–Crippen MR) is 173 cm³/mol. The van der Waals surface area contributed by atoms with Gasteiger partial charge in [0.05, 0.1) is 42.2 Å². The van der Waals surface area contributed by atoms with Gasteiger partial charge < -0.3 is 23.7 Å². The molecule has 0 radical (unpaired) electrons. The van der Waals surface area contributed by atoms with Gasteiger partial charge in [0.2, 0.25) is 0 Å². The van der Waals surface area contributed by atoms with Crippen LogP contribution in [-0.2, 0) is 25.7 Å². The van der Waals surface area contributed by atoms with Crippen LogP contribution in [-0.4, -0.2) is 43.4 Å². The first-order valence-electron chi connectivity index (χ1n) is 14.9. The second kappa shape index (κ2) is 14.9. The van der Waals surface area contributed by atoms with Gasteiger partial charge in [-0.1, -0.05) is 47.7 Å². The molecule has 1 aliphatic rings. The molecule has 1 atom stereocenters. The molecule has 2 heterocycles. The zero-order valence-electron chi connectivity index (χ0n) is 26.3. The number of aromatic nitrogens is 1. The Kier molecular flexibility index (Phi) is 10.5. The molecular formula is C35H33FN2O8S. The van der Waals surface area contributed by atoms with E-state index in [1.807, 2.05) is 0 Å². The zero-order valence-corrected chi connectivity index (χ0v) is 27.1. The maximum atomic E-state index is 14.0. The average molecular weight is 661 g/mol. The van der Waals surface area contributed by atoms with Crippen LogP contribution in [0.2, 0.25) is 0 Å². The van der Waals surface area contributed by atoms with Crippen molar-refractivity contribution in [3.05, 3.63) is 120 Å². The topological polar surface area (TPSA) is 115 Å². The Hall–Kier alpha value is -5.23. The van der Waals surface area contributed by atoms with Crippen molar-refractivity contribution in [3.8, 4) is 17.2 Å². The van der Waals surface area contributed by atoms with Gasteiger partial charge in [0.25, 0.3) is 5.56 Å². The highest BCUT2D eigenvalue weighted by Crippen LogP contribution is 2.36. The molecule has 12 heteroatoms. The van der Waals surface area contributed by atoms with E-state index in [4.69, 9.17) is 18.9 Å². The standard InChI is InChI=1S/C35H33FN2O8S/c1-5-43-28-18-23(13-16-27(28)46-20-30(39)42-4)32-31(34(41)44-6-2)21(3)37-35-38(32)33(40)29(47-35)17-22-11-14-25(15-12-22)45-19-24-9-7-8-10-26(24)36/h7-18,32H,5-6,19-20H2,1-4H3/b29-17-/t32-/m1/s1. The largest absolute Gasteiger partial charge is 0.490 e. The summed E-state index contributed by atoms with van der Waals surface area (Å²) in [6, 6.07) is 17.6. The molecule has 0 N–H and O–H groups in total. The number of nitrogens with zero attached hydrogens (tertiary/aromatic N) is 2. The number of esters is 2. The SMILES string of the molecule is CCOC(=O)C1=C(C)N=c2s/c(=C\c3ccc(OCc4ccccc4F)cc3)c(=O)n2[C@@H]1c1ccc(OCC(=O)OC)c(OCC)c1. The Balaban J connectivity index is 1.52. The van der Waals surface area contributed by atoms with Crippen molar-refractivity contribution in [2.24, 2.45) is 4.99 Å². The van der Waals surface area contributed by atoms with Crippen LogP contribution in [0.25, 0.3) is 6.08 Å². The van der Waals surface area contributed by atoms with Crippen LogP contribution in [0.4, 0.5) is 4.39 Å². The normalized spacial score (nSPS) is 14.2. The number of rotatable bonds is 12. The molecule has 4 aromatic rings. The minimum atomic E-state index is -0.879. The van der Waals surface area contributed by atoms with Gasteiger partial charge in [-0.05, 0) is 68.3 Å². The van der Waals surface area contributed by atoms with Crippen LogP contribution in [0, 0.1) is 5.82 Å². The van der Waals surface area contributed by atoms with Gasteiger partial charge in [0.1, 0.15) is 18.2 Å². The molecule has 47 heavy (non-hydrogen) atoms. The van der Waals surface area contributed by atoms with Gasteiger partial charge in [0.15, 0.2) is 22.9 Å². The van der Waals surface area contributed by atoms with E-state index in [1.165, 1.54) is 29.1 Å². The van der Waals surface area contributed by atoms with Crippen molar-refractivity contribution < 1.29 is 37.7 Å². The van der Waals surface area contributed by atoms with E-state index in [0.29, 0.717) is 50.0 Å². The number of carbonyl (C=O) groups excluding carboxylic acids is 2. The van der Waals surface area contributed by atoms with E-state index in [-0.39, 0.29) is 36.8 Å². The van der Waals surface area contributed by atoms with Crippen LogP contribution in [0.5, 0.6) is 17.2 Å². The maximum absolute atomic E-state index is 14.0. The first-order valence-corrected chi connectivity index (χ1v) is 15.7. The minimum Gasteiger partial charge on any atom is -0.490 e. The predicted octanol–water partition coefficient (Wildman–Crippen LogP) is 4.47. The number of methoxy groups -OCH3 is 1. The zero-order chi connectivity index (χ0) is 33.5. The van der Waals surface area contributed by atoms with E-state index in [1.54, 1.807) is 87.5 Å². The van der Waals surface area contributed by atoms with Gasteiger partial charge in [-0.15, -0.1) is 0 Å². The van der Waals surface area contributed by atoms with Crippen LogP contribution in [0.1, 0.15) is 43.5 Å². The lowest BCUT2D eigenvalue weighted by molar-refractivity contribution is -0.143. The smallest absolute Gasteiger partial charge is 0.343 e. The lowest BCUT2D eigenvalue weighted by Crippen LogP contribution is -2.40. The molecule has 0 unspecified atom stereocenters. The number of benzene rings is 3. The van der Waals surface area contributed by atoms with Crippen molar-refractivity contribution in [2.75, 3.05) is 26.9 Å². The summed E-state index contributed by atoms with van der Waals surface area (Å²) >= 11 is 1.19. The van der Waals surface area contributed by atoms with Crippen LogP contribution in [0.15, 0.2) is 87.8 Å². The Morgan fingerprint density at radius 1 is 0.979 bits per heavy atom. The van der Waals surface area contributed by atoms with Crippen LogP contribution >= 0.6 is 11.3 Å². The number of halogens is 1. The highest BCUT2D eigenvalue weighted by atomic mass is 32.1. The summed E-state index contributed by atoms with van der Waals surface area (Å²) in [4.78, 5) is 44.0. The van der Waals surface area contributed by atoms with Gasteiger partial charge in [-0.2, -0.15) is 0 Å². The molecule has 0 spiro atoms. The molecule has 10 nitrogen and oxygen atoms in total. The van der Waals surface area contributed by atoms with E-state index < -0.39 is 18.0 Å². The molecule has 5 rings (SSSR count). The first kappa shape index (κ1) is 33.1. The summed E-state index contributed by atoms with van der Waals surface area (Å²) < 4.78 is 43.1. The van der Waals surface area contributed by atoms with Gasteiger partial charge in [-0.3, -0.25) is 9.36 Å². The third-order valence-corrected chi connectivity index (χ3v) is 8.19. The minimum absolute atomic E-state index is 0.0795. The van der Waals surface area contributed by atoms with Crippen molar-refractivity contribution >= 4 is 29.4 Å². The molecule has 1 aromatic heterocycles. The number of thiazole rings is 1.